The second-order valence-corrected chi connectivity index (χ2v) is 11.0. The van der Waals surface area contributed by atoms with Crippen LogP contribution in [0.2, 0.25) is 5.15 Å². The Labute approximate surface area is 249 Å². The predicted molar refractivity (Wildman–Crippen MR) is 156 cm³/mol. The smallest absolute Gasteiger partial charge is 0.366 e. The summed E-state index contributed by atoms with van der Waals surface area (Å²) in [7, 11) is 0. The van der Waals surface area contributed by atoms with Crippen LogP contribution in [0.3, 0.4) is 0 Å². The van der Waals surface area contributed by atoms with E-state index < -0.39 is 17.6 Å². The van der Waals surface area contributed by atoms with Crippen molar-refractivity contribution in [2.45, 2.75) is 23.6 Å². The number of benzene rings is 3. The van der Waals surface area contributed by atoms with Gasteiger partial charge in [0.15, 0.2) is 5.16 Å². The van der Waals surface area contributed by atoms with E-state index in [-0.39, 0.29) is 12.4 Å². The largest absolute Gasteiger partial charge is 0.416 e. The highest BCUT2D eigenvalue weighted by Crippen LogP contribution is 2.30. The Morgan fingerprint density at radius 1 is 0.881 bits per heavy atom. The van der Waals surface area contributed by atoms with Crippen LogP contribution in [-0.2, 0) is 18.5 Å². The van der Waals surface area contributed by atoms with E-state index in [9.17, 15) is 22.4 Å². The third-order valence-corrected chi connectivity index (χ3v) is 7.83. The van der Waals surface area contributed by atoms with Crippen molar-refractivity contribution in [3.63, 3.8) is 0 Å². The van der Waals surface area contributed by atoms with Crippen molar-refractivity contribution in [3.05, 3.63) is 112 Å². The molecular weight excluding hydrogens is 590 g/mol. The number of aromatic nitrogens is 2. The molecule has 1 aliphatic heterocycles. The van der Waals surface area contributed by atoms with E-state index >= 15 is 0 Å². The number of nitrogens with one attached hydrogen (secondary N) is 1. The van der Waals surface area contributed by atoms with Gasteiger partial charge in [0, 0.05) is 50.1 Å². The quantitative estimate of drug-likeness (QED) is 0.101. The molecule has 12 heteroatoms. The van der Waals surface area contributed by atoms with Crippen LogP contribution in [0.15, 0.2) is 84.0 Å². The number of alkyl halides is 3. The van der Waals surface area contributed by atoms with Gasteiger partial charge >= 0.3 is 6.18 Å². The number of thioether (sulfide) groups is 1. The molecule has 1 fully saturated rings. The molecule has 0 bridgehead atoms. The van der Waals surface area contributed by atoms with Crippen LogP contribution in [0, 0.1) is 5.82 Å². The number of hydrogen-bond acceptors (Lipinski definition) is 6. The SMILES string of the molecule is O=C(NCc1cccc(C(F)(F)F)c1)c1cccc(CSc2nc(Cl)cc(N3CCN(c4ccccc4F)CC3)n2)c1. The van der Waals surface area contributed by atoms with E-state index in [4.69, 9.17) is 11.6 Å². The summed E-state index contributed by atoms with van der Waals surface area (Å²) in [5, 5.41) is 3.46. The molecule has 1 aliphatic rings. The summed E-state index contributed by atoms with van der Waals surface area (Å²) in [6.07, 6.45) is -4.45. The van der Waals surface area contributed by atoms with Gasteiger partial charge in [-0.2, -0.15) is 13.2 Å². The molecule has 0 unspecified atom stereocenters. The van der Waals surface area contributed by atoms with E-state index in [2.05, 4.69) is 20.2 Å². The van der Waals surface area contributed by atoms with E-state index in [1.807, 2.05) is 17.0 Å². The normalized spacial score (nSPS) is 13.7. The molecule has 0 saturated carbocycles. The molecule has 1 aromatic heterocycles. The lowest BCUT2D eigenvalue weighted by molar-refractivity contribution is -0.137. The highest BCUT2D eigenvalue weighted by atomic mass is 35.5. The minimum absolute atomic E-state index is 0.0323. The molecule has 6 nitrogen and oxygen atoms in total. The number of hydrogen-bond donors (Lipinski definition) is 1. The third-order valence-electron chi connectivity index (χ3n) is 6.72. The monoisotopic (exact) mass is 615 g/mol. The van der Waals surface area contributed by atoms with Crippen LogP contribution in [0.25, 0.3) is 0 Å². The number of para-hydroxylation sites is 1. The summed E-state index contributed by atoms with van der Waals surface area (Å²) in [5.74, 6) is 0.519. The molecule has 1 N–H and O–H groups in total. The highest BCUT2D eigenvalue weighted by Gasteiger charge is 2.30. The highest BCUT2D eigenvalue weighted by molar-refractivity contribution is 7.98. The number of carbonyl (C=O) groups is 1. The van der Waals surface area contributed by atoms with E-state index in [0.717, 1.165) is 17.7 Å². The van der Waals surface area contributed by atoms with Gasteiger partial charge in [-0.05, 0) is 47.5 Å². The van der Waals surface area contributed by atoms with Crippen molar-refractivity contribution in [2.75, 3.05) is 36.0 Å². The molecule has 0 spiro atoms. The number of halogens is 5. The van der Waals surface area contributed by atoms with Crippen LogP contribution in [-0.4, -0.2) is 42.1 Å². The number of carbonyl (C=O) groups excluding carboxylic acids is 1. The summed E-state index contributed by atoms with van der Waals surface area (Å²) in [4.78, 5) is 25.8. The number of anilines is 2. The van der Waals surface area contributed by atoms with Crippen molar-refractivity contribution >= 4 is 40.8 Å². The zero-order valence-corrected chi connectivity index (χ0v) is 23.8. The second-order valence-electron chi connectivity index (χ2n) is 9.63. The minimum Gasteiger partial charge on any atom is -0.366 e. The van der Waals surface area contributed by atoms with Crippen LogP contribution in [0.1, 0.15) is 27.0 Å². The van der Waals surface area contributed by atoms with Crippen LogP contribution in [0.5, 0.6) is 0 Å². The molecule has 4 aromatic rings. The Kier molecular flexibility index (Phi) is 9.18. The fraction of sp³-hybridized carbons (Fsp3) is 0.233. The fourth-order valence-electron chi connectivity index (χ4n) is 4.59. The molecule has 0 atom stereocenters. The van der Waals surface area contributed by atoms with E-state index in [0.29, 0.717) is 64.9 Å². The van der Waals surface area contributed by atoms with Crippen molar-refractivity contribution < 1.29 is 22.4 Å². The third kappa shape index (κ3) is 7.51. The predicted octanol–water partition coefficient (Wildman–Crippen LogP) is 6.84. The molecular formula is C30H26ClF4N5OS. The summed E-state index contributed by atoms with van der Waals surface area (Å²) in [5.41, 5.74) is 1.41. The van der Waals surface area contributed by atoms with Crippen molar-refractivity contribution in [3.8, 4) is 0 Å². The molecule has 0 aliphatic carbocycles. The summed E-state index contributed by atoms with van der Waals surface area (Å²) in [6, 6.07) is 20.3. The first-order chi connectivity index (χ1) is 20.2. The average Bonchev–Trinajstić information content (AvgIpc) is 2.99. The maximum absolute atomic E-state index is 14.2. The van der Waals surface area contributed by atoms with Gasteiger partial charge in [-0.25, -0.2) is 14.4 Å². The van der Waals surface area contributed by atoms with Gasteiger partial charge in [-0.15, -0.1) is 0 Å². The molecule has 3 aromatic carbocycles. The Morgan fingerprint density at radius 3 is 2.36 bits per heavy atom. The van der Waals surface area contributed by atoms with Gasteiger partial charge < -0.3 is 15.1 Å². The summed E-state index contributed by atoms with van der Waals surface area (Å²) in [6.45, 7) is 2.52. The summed E-state index contributed by atoms with van der Waals surface area (Å²) < 4.78 is 53.1. The minimum atomic E-state index is -4.45. The second kappa shape index (κ2) is 13.0. The van der Waals surface area contributed by atoms with Crippen LogP contribution in [0.4, 0.5) is 29.1 Å². The Morgan fingerprint density at radius 2 is 1.60 bits per heavy atom. The standard InChI is InChI=1S/C30H26ClF4N5OS/c31-26-17-27(40-13-11-39(12-14-40)25-10-2-1-9-24(25)32)38-29(37-26)42-19-21-6-3-7-22(15-21)28(41)36-18-20-5-4-8-23(16-20)30(33,34)35/h1-10,15-17H,11-14,18-19H2,(H,36,41). The lowest BCUT2D eigenvalue weighted by Crippen LogP contribution is -2.47. The fourth-order valence-corrected chi connectivity index (χ4v) is 5.61. The number of nitrogens with zero attached hydrogens (tertiary/aromatic N) is 4. The average molecular weight is 616 g/mol. The molecule has 42 heavy (non-hydrogen) atoms. The molecule has 2 heterocycles. The molecule has 1 amide bonds. The Hall–Kier alpha value is -3.83. The lowest BCUT2D eigenvalue weighted by Gasteiger charge is -2.36. The maximum atomic E-state index is 14.2. The molecule has 1 saturated heterocycles. The summed E-state index contributed by atoms with van der Waals surface area (Å²) >= 11 is 7.68. The number of piperazine rings is 1. The van der Waals surface area contributed by atoms with Gasteiger partial charge in [0.05, 0.1) is 11.3 Å². The number of rotatable bonds is 8. The topological polar surface area (TPSA) is 61.4 Å². The molecule has 0 radical (unpaired) electrons. The maximum Gasteiger partial charge on any atom is 0.416 e. The van der Waals surface area contributed by atoms with Crippen molar-refractivity contribution in [1.82, 2.24) is 15.3 Å². The van der Waals surface area contributed by atoms with Crippen LogP contribution < -0.4 is 15.1 Å². The first kappa shape index (κ1) is 29.7. The van der Waals surface area contributed by atoms with Gasteiger partial charge in [0.2, 0.25) is 0 Å². The Bertz CT molecular complexity index is 1560. The van der Waals surface area contributed by atoms with Gasteiger partial charge in [0.1, 0.15) is 16.8 Å². The first-order valence-corrected chi connectivity index (χ1v) is 14.5. The van der Waals surface area contributed by atoms with Crippen molar-refractivity contribution in [2.24, 2.45) is 0 Å². The lowest BCUT2D eigenvalue weighted by atomic mass is 10.1. The molecule has 218 valence electrons. The zero-order valence-electron chi connectivity index (χ0n) is 22.2. The Balaban J connectivity index is 1.18. The zero-order chi connectivity index (χ0) is 29.7. The van der Waals surface area contributed by atoms with E-state index in [1.165, 1.54) is 30.0 Å². The molecule has 5 rings (SSSR count). The number of amides is 1. The van der Waals surface area contributed by atoms with Crippen LogP contribution >= 0.6 is 23.4 Å². The van der Waals surface area contributed by atoms with E-state index in [1.54, 1.807) is 36.4 Å². The van der Waals surface area contributed by atoms with Gasteiger partial charge in [-0.1, -0.05) is 59.8 Å². The van der Waals surface area contributed by atoms with Gasteiger partial charge in [0.25, 0.3) is 5.91 Å². The van der Waals surface area contributed by atoms with Gasteiger partial charge in [-0.3, -0.25) is 4.79 Å². The first-order valence-electron chi connectivity index (χ1n) is 13.1. The van der Waals surface area contributed by atoms with Crippen molar-refractivity contribution in [1.29, 1.82) is 0 Å².